The molecular formula is C19H29N3O2. The average molecular weight is 331 g/mol. The van der Waals surface area contributed by atoms with Crippen molar-refractivity contribution in [1.29, 1.82) is 0 Å². The van der Waals surface area contributed by atoms with E-state index >= 15 is 0 Å². The minimum atomic E-state index is -0.133. The van der Waals surface area contributed by atoms with Crippen LogP contribution in [0.4, 0.5) is 0 Å². The van der Waals surface area contributed by atoms with Crippen molar-refractivity contribution in [2.45, 2.75) is 39.7 Å². The number of hydrogen-bond acceptors (Lipinski definition) is 3. The predicted octanol–water partition coefficient (Wildman–Crippen LogP) is 1.60. The van der Waals surface area contributed by atoms with Crippen molar-refractivity contribution in [2.75, 3.05) is 32.7 Å². The van der Waals surface area contributed by atoms with Crippen LogP contribution >= 0.6 is 0 Å². The highest BCUT2D eigenvalue weighted by molar-refractivity contribution is 5.81. The Bertz CT molecular complexity index is 548. The summed E-state index contributed by atoms with van der Waals surface area (Å²) in [5, 5.41) is 2.94. The molecule has 1 aliphatic heterocycles. The summed E-state index contributed by atoms with van der Waals surface area (Å²) in [5.74, 6) is 0.248. The number of hydrogen-bond donors (Lipinski definition) is 1. The molecule has 0 radical (unpaired) electrons. The van der Waals surface area contributed by atoms with Gasteiger partial charge < -0.3 is 10.2 Å². The van der Waals surface area contributed by atoms with Gasteiger partial charge in [-0.05, 0) is 25.8 Å². The number of nitrogens with zero attached hydrogens (tertiary/aromatic N) is 2. The fourth-order valence-electron chi connectivity index (χ4n) is 2.91. The highest BCUT2D eigenvalue weighted by atomic mass is 16.2. The molecule has 0 unspecified atom stereocenters. The lowest BCUT2D eigenvalue weighted by Gasteiger charge is -2.37. The molecule has 0 spiro atoms. The van der Waals surface area contributed by atoms with Crippen LogP contribution in [0.2, 0.25) is 0 Å². The molecule has 1 heterocycles. The highest BCUT2D eigenvalue weighted by Gasteiger charge is 2.27. The van der Waals surface area contributed by atoms with Gasteiger partial charge in [-0.1, -0.05) is 36.8 Å². The van der Waals surface area contributed by atoms with Gasteiger partial charge in [0.2, 0.25) is 11.8 Å². The molecule has 0 aliphatic carbocycles. The Hall–Kier alpha value is -1.88. The van der Waals surface area contributed by atoms with E-state index in [0.29, 0.717) is 19.5 Å². The molecule has 1 N–H and O–H groups in total. The molecule has 1 aromatic carbocycles. The van der Waals surface area contributed by atoms with Crippen LogP contribution in [0.1, 0.15) is 31.4 Å². The van der Waals surface area contributed by atoms with Crippen molar-refractivity contribution in [3.63, 3.8) is 0 Å². The number of amides is 2. The fraction of sp³-hybridized carbons (Fsp3) is 0.579. The van der Waals surface area contributed by atoms with Crippen LogP contribution in [0.3, 0.4) is 0 Å². The van der Waals surface area contributed by atoms with Gasteiger partial charge in [-0.15, -0.1) is 0 Å². The van der Waals surface area contributed by atoms with Gasteiger partial charge >= 0.3 is 0 Å². The van der Waals surface area contributed by atoms with Gasteiger partial charge in [0.15, 0.2) is 0 Å². The summed E-state index contributed by atoms with van der Waals surface area (Å²) in [6.07, 6.45) is 1.40. The van der Waals surface area contributed by atoms with Gasteiger partial charge in [-0.2, -0.15) is 0 Å². The average Bonchev–Trinajstić information content (AvgIpc) is 2.61. The second kappa shape index (κ2) is 8.83. The quantitative estimate of drug-likeness (QED) is 0.861. The molecule has 1 aliphatic rings. The van der Waals surface area contributed by atoms with Crippen LogP contribution in [0, 0.1) is 6.92 Å². The SMILES string of the molecule is CCCNC(=O)[C@@H](C)N1CCN(C(=O)Cc2ccc(C)cc2)CC1. The Morgan fingerprint density at radius 3 is 2.33 bits per heavy atom. The van der Waals surface area contributed by atoms with Gasteiger partial charge in [-0.25, -0.2) is 0 Å². The van der Waals surface area contributed by atoms with Crippen molar-refractivity contribution in [2.24, 2.45) is 0 Å². The largest absolute Gasteiger partial charge is 0.355 e. The fourth-order valence-corrected chi connectivity index (χ4v) is 2.91. The monoisotopic (exact) mass is 331 g/mol. The van der Waals surface area contributed by atoms with E-state index in [9.17, 15) is 9.59 Å². The van der Waals surface area contributed by atoms with Gasteiger partial charge in [-0.3, -0.25) is 14.5 Å². The van der Waals surface area contributed by atoms with Crippen LogP contribution in [-0.4, -0.2) is 60.4 Å². The van der Waals surface area contributed by atoms with E-state index in [1.54, 1.807) is 0 Å². The minimum absolute atomic E-state index is 0.0799. The third kappa shape index (κ3) is 5.06. The molecule has 5 nitrogen and oxygen atoms in total. The highest BCUT2D eigenvalue weighted by Crippen LogP contribution is 2.10. The Labute approximate surface area is 145 Å². The number of carbonyl (C=O) groups excluding carboxylic acids is 2. The van der Waals surface area contributed by atoms with Crippen molar-refractivity contribution >= 4 is 11.8 Å². The van der Waals surface area contributed by atoms with Gasteiger partial charge in [0.1, 0.15) is 0 Å². The lowest BCUT2D eigenvalue weighted by atomic mass is 10.1. The van der Waals surface area contributed by atoms with Gasteiger partial charge in [0, 0.05) is 32.7 Å². The summed E-state index contributed by atoms with van der Waals surface area (Å²) in [4.78, 5) is 28.5. The zero-order chi connectivity index (χ0) is 17.5. The third-order valence-corrected chi connectivity index (χ3v) is 4.62. The molecule has 1 saturated heterocycles. The number of piperazine rings is 1. The van der Waals surface area contributed by atoms with Gasteiger partial charge in [0.05, 0.1) is 12.5 Å². The third-order valence-electron chi connectivity index (χ3n) is 4.62. The van der Waals surface area contributed by atoms with Gasteiger partial charge in [0.25, 0.3) is 0 Å². The molecule has 0 aromatic heterocycles. The normalized spacial score (nSPS) is 16.7. The lowest BCUT2D eigenvalue weighted by molar-refractivity contribution is -0.133. The first-order valence-electron chi connectivity index (χ1n) is 8.86. The first-order valence-corrected chi connectivity index (χ1v) is 8.86. The second-order valence-corrected chi connectivity index (χ2v) is 6.55. The van der Waals surface area contributed by atoms with Crippen LogP contribution in [0.25, 0.3) is 0 Å². The Morgan fingerprint density at radius 1 is 1.12 bits per heavy atom. The summed E-state index contributed by atoms with van der Waals surface area (Å²) < 4.78 is 0. The molecule has 2 amide bonds. The Kier molecular flexibility index (Phi) is 6.79. The van der Waals surface area contributed by atoms with E-state index in [1.807, 2.05) is 49.9 Å². The zero-order valence-electron chi connectivity index (χ0n) is 15.0. The summed E-state index contributed by atoms with van der Waals surface area (Å²) in [7, 11) is 0. The maximum absolute atomic E-state index is 12.4. The van der Waals surface area contributed by atoms with Crippen molar-refractivity contribution in [1.82, 2.24) is 15.1 Å². The maximum Gasteiger partial charge on any atom is 0.237 e. The van der Waals surface area contributed by atoms with Crippen molar-refractivity contribution in [3.8, 4) is 0 Å². The first-order chi connectivity index (χ1) is 11.5. The van der Waals surface area contributed by atoms with E-state index in [2.05, 4.69) is 10.2 Å². The molecule has 1 atom stereocenters. The second-order valence-electron chi connectivity index (χ2n) is 6.55. The van der Waals surface area contributed by atoms with E-state index in [1.165, 1.54) is 5.56 Å². The zero-order valence-corrected chi connectivity index (χ0v) is 15.0. The van der Waals surface area contributed by atoms with Crippen LogP contribution in [0.5, 0.6) is 0 Å². The maximum atomic E-state index is 12.4. The van der Waals surface area contributed by atoms with E-state index < -0.39 is 0 Å². The minimum Gasteiger partial charge on any atom is -0.355 e. The van der Waals surface area contributed by atoms with E-state index in [4.69, 9.17) is 0 Å². The smallest absolute Gasteiger partial charge is 0.237 e. The Morgan fingerprint density at radius 2 is 1.75 bits per heavy atom. The summed E-state index contributed by atoms with van der Waals surface area (Å²) in [6.45, 7) is 9.63. The summed E-state index contributed by atoms with van der Waals surface area (Å²) >= 11 is 0. The molecule has 24 heavy (non-hydrogen) atoms. The molecule has 2 rings (SSSR count). The van der Waals surface area contributed by atoms with Crippen molar-refractivity contribution in [3.05, 3.63) is 35.4 Å². The first kappa shape index (κ1) is 18.5. The molecule has 0 bridgehead atoms. The number of aryl methyl sites for hydroxylation is 1. The number of carbonyl (C=O) groups is 2. The number of nitrogens with one attached hydrogen (secondary N) is 1. The van der Waals surface area contributed by atoms with Crippen LogP contribution in [0.15, 0.2) is 24.3 Å². The topological polar surface area (TPSA) is 52.7 Å². The molecule has 132 valence electrons. The predicted molar refractivity (Wildman–Crippen MR) is 95.8 cm³/mol. The molecular weight excluding hydrogens is 302 g/mol. The molecule has 1 aromatic rings. The molecule has 5 heteroatoms. The summed E-state index contributed by atoms with van der Waals surface area (Å²) in [6, 6.07) is 7.98. The van der Waals surface area contributed by atoms with E-state index in [0.717, 1.165) is 31.6 Å². The molecule has 1 fully saturated rings. The standard InChI is InChI=1S/C19H29N3O2/c1-4-9-20-19(24)16(3)21-10-12-22(13-11-21)18(23)14-17-7-5-15(2)6-8-17/h5-8,16H,4,9-14H2,1-3H3,(H,20,24)/t16-/m1/s1. The van der Waals surface area contributed by atoms with Crippen molar-refractivity contribution < 1.29 is 9.59 Å². The van der Waals surface area contributed by atoms with Crippen LogP contribution < -0.4 is 5.32 Å². The molecule has 0 saturated carbocycles. The number of rotatable bonds is 6. The van der Waals surface area contributed by atoms with Crippen LogP contribution in [-0.2, 0) is 16.0 Å². The Balaban J connectivity index is 1.80. The number of benzene rings is 1. The lowest BCUT2D eigenvalue weighted by Crippen LogP contribution is -2.55. The van der Waals surface area contributed by atoms with E-state index in [-0.39, 0.29) is 17.9 Å². The summed E-state index contributed by atoms with van der Waals surface area (Å²) in [5.41, 5.74) is 2.26.